The van der Waals surface area contributed by atoms with Crippen LogP contribution in [0.5, 0.6) is 0 Å². The summed E-state index contributed by atoms with van der Waals surface area (Å²) in [5.41, 5.74) is 2.90. The first-order valence-electron chi connectivity index (χ1n) is 9.32. The van der Waals surface area contributed by atoms with Crippen LogP contribution in [0.3, 0.4) is 0 Å². The molecule has 1 aliphatic rings. The molecule has 156 valence electrons. The number of aryl methyl sites for hydroxylation is 2. The molecule has 0 spiro atoms. The number of quaternary nitrogens is 1. The van der Waals surface area contributed by atoms with E-state index in [9.17, 15) is 13.2 Å². The predicted molar refractivity (Wildman–Crippen MR) is 115 cm³/mol. The number of carbonyl (C=O) groups excluding carboxylic acids is 1. The summed E-state index contributed by atoms with van der Waals surface area (Å²) < 4.78 is 27.2. The lowest BCUT2D eigenvalue weighted by Crippen LogP contribution is -3.15. The Balaban J connectivity index is 1.59. The van der Waals surface area contributed by atoms with Crippen LogP contribution in [0.2, 0.25) is 10.0 Å². The fourth-order valence-electron chi connectivity index (χ4n) is 3.33. The van der Waals surface area contributed by atoms with E-state index in [1.54, 1.807) is 6.07 Å². The molecular weight excluding hydrogens is 433 g/mol. The van der Waals surface area contributed by atoms with Crippen molar-refractivity contribution in [3.63, 3.8) is 0 Å². The minimum absolute atomic E-state index is 0.0165. The van der Waals surface area contributed by atoms with Gasteiger partial charge in [-0.05, 0) is 49.2 Å². The van der Waals surface area contributed by atoms with E-state index >= 15 is 0 Å². The van der Waals surface area contributed by atoms with Crippen molar-refractivity contribution < 1.29 is 18.1 Å². The molecule has 1 heterocycles. The van der Waals surface area contributed by atoms with Gasteiger partial charge in [0.2, 0.25) is 10.0 Å². The minimum Gasteiger partial charge on any atom is -0.325 e. The molecule has 0 aliphatic carbocycles. The lowest BCUT2D eigenvalue weighted by molar-refractivity contribution is -0.895. The third kappa shape index (κ3) is 5.29. The number of anilines is 1. The lowest BCUT2D eigenvalue weighted by atomic mass is 10.1. The summed E-state index contributed by atoms with van der Waals surface area (Å²) >= 11 is 12.0. The predicted octanol–water partition coefficient (Wildman–Crippen LogP) is 2.14. The van der Waals surface area contributed by atoms with Crippen LogP contribution in [0.4, 0.5) is 5.69 Å². The maximum absolute atomic E-state index is 12.9. The van der Waals surface area contributed by atoms with Crippen LogP contribution in [0.15, 0.2) is 41.3 Å². The minimum atomic E-state index is -3.72. The first kappa shape index (κ1) is 22.1. The largest absolute Gasteiger partial charge is 0.325 e. The Labute approximate surface area is 181 Å². The number of amides is 1. The van der Waals surface area contributed by atoms with E-state index in [1.165, 1.54) is 16.4 Å². The molecule has 3 rings (SSSR count). The van der Waals surface area contributed by atoms with Gasteiger partial charge in [0.05, 0.1) is 31.2 Å². The average molecular weight is 457 g/mol. The topological polar surface area (TPSA) is 70.9 Å². The van der Waals surface area contributed by atoms with Crippen LogP contribution in [0.25, 0.3) is 0 Å². The monoisotopic (exact) mass is 456 g/mol. The van der Waals surface area contributed by atoms with E-state index in [-0.39, 0.29) is 15.8 Å². The molecule has 2 aromatic carbocycles. The quantitative estimate of drug-likeness (QED) is 0.723. The molecule has 29 heavy (non-hydrogen) atoms. The Bertz CT molecular complexity index is 1020. The van der Waals surface area contributed by atoms with Gasteiger partial charge < -0.3 is 10.2 Å². The smallest absolute Gasteiger partial charge is 0.279 e. The molecule has 9 heteroatoms. The maximum Gasteiger partial charge on any atom is 0.279 e. The molecule has 1 fully saturated rings. The highest BCUT2D eigenvalue weighted by molar-refractivity contribution is 7.89. The second kappa shape index (κ2) is 9.02. The van der Waals surface area contributed by atoms with Crippen molar-refractivity contribution in [3.05, 3.63) is 57.6 Å². The standard InChI is InChI=1S/C20H23Cl2N3O3S/c1-14-3-4-15(2)18(11-14)23-20(26)13-24-7-9-25(10-8-24)29(27,28)19-12-16(21)5-6-17(19)22/h3-6,11-12H,7-10,13H2,1-2H3,(H,23,26)/p+1. The molecule has 1 aliphatic heterocycles. The molecule has 1 amide bonds. The molecule has 0 saturated carbocycles. The highest BCUT2D eigenvalue weighted by Gasteiger charge is 2.32. The molecule has 0 radical (unpaired) electrons. The summed E-state index contributed by atoms with van der Waals surface area (Å²) in [7, 11) is -3.72. The van der Waals surface area contributed by atoms with Crippen LogP contribution in [0, 0.1) is 13.8 Å². The molecule has 1 saturated heterocycles. The van der Waals surface area contributed by atoms with Crippen LogP contribution in [0.1, 0.15) is 11.1 Å². The first-order chi connectivity index (χ1) is 13.7. The summed E-state index contributed by atoms with van der Waals surface area (Å²) in [4.78, 5) is 13.5. The molecular formula is C20H24Cl2N3O3S+. The van der Waals surface area contributed by atoms with Gasteiger partial charge in [-0.2, -0.15) is 4.31 Å². The van der Waals surface area contributed by atoms with Gasteiger partial charge in [-0.3, -0.25) is 4.79 Å². The van der Waals surface area contributed by atoms with Gasteiger partial charge in [0.1, 0.15) is 4.90 Å². The van der Waals surface area contributed by atoms with Gasteiger partial charge in [-0.25, -0.2) is 8.42 Å². The summed E-state index contributed by atoms with van der Waals surface area (Å²) in [6.07, 6.45) is 0. The van der Waals surface area contributed by atoms with Crippen LogP contribution in [-0.2, 0) is 14.8 Å². The second-order valence-electron chi connectivity index (χ2n) is 7.27. The number of hydrogen-bond donors (Lipinski definition) is 2. The number of sulfonamides is 1. The summed E-state index contributed by atoms with van der Waals surface area (Å²) in [5, 5.41) is 3.43. The number of piperazine rings is 1. The summed E-state index contributed by atoms with van der Waals surface area (Å²) in [6.45, 7) is 5.93. The number of nitrogens with one attached hydrogen (secondary N) is 2. The third-order valence-electron chi connectivity index (χ3n) is 5.02. The number of carbonyl (C=O) groups is 1. The Hall–Kier alpha value is -1.64. The number of halogens is 2. The van der Waals surface area contributed by atoms with Crippen molar-refractivity contribution in [1.29, 1.82) is 0 Å². The summed E-state index contributed by atoms with van der Waals surface area (Å²) in [5.74, 6) is -0.0807. The van der Waals surface area contributed by atoms with Crippen LogP contribution < -0.4 is 10.2 Å². The van der Waals surface area contributed by atoms with E-state index < -0.39 is 10.0 Å². The molecule has 2 N–H and O–H groups in total. The van der Waals surface area contributed by atoms with Crippen molar-refractivity contribution in [1.82, 2.24) is 4.31 Å². The molecule has 0 unspecified atom stereocenters. The van der Waals surface area contributed by atoms with Gasteiger partial charge >= 0.3 is 0 Å². The van der Waals surface area contributed by atoms with Crippen molar-refractivity contribution in [2.75, 3.05) is 38.0 Å². The maximum atomic E-state index is 12.9. The Kier molecular flexibility index (Phi) is 6.86. The zero-order valence-corrected chi connectivity index (χ0v) is 18.7. The van der Waals surface area contributed by atoms with Gasteiger partial charge in [-0.15, -0.1) is 0 Å². The van der Waals surface area contributed by atoms with Crippen LogP contribution in [-0.4, -0.2) is 51.4 Å². The molecule has 0 bridgehead atoms. The molecule has 6 nitrogen and oxygen atoms in total. The van der Waals surface area contributed by atoms with Gasteiger partial charge in [-0.1, -0.05) is 35.3 Å². The second-order valence-corrected chi connectivity index (χ2v) is 10.0. The van der Waals surface area contributed by atoms with Crippen molar-refractivity contribution in [2.24, 2.45) is 0 Å². The van der Waals surface area contributed by atoms with Gasteiger partial charge in [0.15, 0.2) is 6.54 Å². The van der Waals surface area contributed by atoms with E-state index in [2.05, 4.69) is 5.32 Å². The fraction of sp³-hybridized carbons (Fsp3) is 0.350. The average Bonchev–Trinajstić information content (AvgIpc) is 2.67. The van der Waals surface area contributed by atoms with Crippen molar-refractivity contribution in [2.45, 2.75) is 18.7 Å². The lowest BCUT2D eigenvalue weighted by Gasteiger charge is -2.31. The molecule has 0 atom stereocenters. The number of rotatable bonds is 5. The molecule has 0 aromatic heterocycles. The molecule has 2 aromatic rings. The number of nitrogens with zero attached hydrogens (tertiary/aromatic N) is 1. The normalized spacial score (nSPS) is 16.0. The first-order valence-corrected chi connectivity index (χ1v) is 11.5. The van der Waals surface area contributed by atoms with E-state index in [0.717, 1.165) is 21.7 Å². The van der Waals surface area contributed by atoms with E-state index in [0.29, 0.717) is 37.7 Å². The van der Waals surface area contributed by atoms with Crippen molar-refractivity contribution in [3.8, 4) is 0 Å². The zero-order valence-electron chi connectivity index (χ0n) is 16.3. The highest BCUT2D eigenvalue weighted by Crippen LogP contribution is 2.27. The zero-order chi connectivity index (χ0) is 21.2. The Morgan fingerprint density at radius 1 is 1.10 bits per heavy atom. The van der Waals surface area contributed by atoms with E-state index in [1.807, 2.05) is 32.0 Å². The number of benzene rings is 2. The Morgan fingerprint density at radius 3 is 2.48 bits per heavy atom. The van der Waals surface area contributed by atoms with Crippen molar-refractivity contribution >= 4 is 44.8 Å². The fourth-order valence-corrected chi connectivity index (χ4v) is 5.50. The number of hydrogen-bond acceptors (Lipinski definition) is 3. The van der Waals surface area contributed by atoms with E-state index in [4.69, 9.17) is 23.2 Å². The van der Waals surface area contributed by atoms with Gasteiger partial charge in [0.25, 0.3) is 5.91 Å². The highest BCUT2D eigenvalue weighted by atomic mass is 35.5. The third-order valence-corrected chi connectivity index (χ3v) is 7.63. The summed E-state index contributed by atoms with van der Waals surface area (Å²) in [6, 6.07) is 10.3. The van der Waals surface area contributed by atoms with Gasteiger partial charge in [0, 0.05) is 10.7 Å². The SMILES string of the molecule is Cc1ccc(C)c(NC(=O)C[NH+]2CCN(S(=O)(=O)c3cc(Cl)ccc3Cl)CC2)c1. The van der Waals surface area contributed by atoms with Crippen LogP contribution >= 0.6 is 23.2 Å². The Morgan fingerprint density at radius 2 is 1.79 bits per heavy atom.